The van der Waals surface area contributed by atoms with Gasteiger partial charge in [-0.15, -0.1) is 0 Å². The molecule has 0 spiro atoms. The molecule has 0 heterocycles. The van der Waals surface area contributed by atoms with Gasteiger partial charge in [0.15, 0.2) is 0 Å². The molecule has 0 saturated heterocycles. The van der Waals surface area contributed by atoms with Crippen LogP contribution in [0.1, 0.15) is 19.8 Å². The second kappa shape index (κ2) is 8.29. The maximum absolute atomic E-state index is 11.7. The lowest BCUT2D eigenvalue weighted by Crippen LogP contribution is -2.50. The maximum atomic E-state index is 11.7. The minimum Gasteiger partial charge on any atom is -0.480 e. The maximum Gasteiger partial charge on any atom is 0.326 e. The summed E-state index contributed by atoms with van der Waals surface area (Å²) >= 11 is 0. The Kier molecular flexibility index (Phi) is 7.45. The number of carboxylic acids is 1. The van der Waals surface area contributed by atoms with Crippen LogP contribution in [0.3, 0.4) is 0 Å². The molecule has 0 rings (SSSR count). The highest BCUT2D eigenvalue weighted by molar-refractivity contribution is 5.87. The number of aliphatic hydroxyl groups excluding tert-OH is 1. The largest absolute Gasteiger partial charge is 0.480 e. The van der Waals surface area contributed by atoms with Crippen LogP contribution in [0, 0.1) is 0 Å². The lowest BCUT2D eigenvalue weighted by Gasteiger charge is -2.23. The smallest absolute Gasteiger partial charge is 0.326 e. The van der Waals surface area contributed by atoms with E-state index in [1.807, 2.05) is 6.92 Å². The van der Waals surface area contributed by atoms with Gasteiger partial charge in [-0.05, 0) is 6.42 Å². The Balaban J connectivity index is 4.54. The third-order valence-electron chi connectivity index (χ3n) is 2.15. The fourth-order valence-electron chi connectivity index (χ4n) is 1.35. The highest BCUT2D eigenvalue weighted by atomic mass is 16.4. The molecule has 0 aliphatic carbocycles. The Morgan fingerprint density at radius 3 is 2.33 bits per heavy atom. The van der Waals surface area contributed by atoms with Crippen LogP contribution in [0.4, 0.5) is 4.79 Å². The molecule has 0 aromatic heterocycles. The van der Waals surface area contributed by atoms with E-state index >= 15 is 0 Å². The Bertz CT molecular complexity index is 302. The minimum atomic E-state index is -1.35. The molecular formula is C10H19N3O5. The molecule has 0 aliphatic rings. The van der Waals surface area contributed by atoms with Gasteiger partial charge in [0, 0.05) is 13.1 Å². The zero-order valence-corrected chi connectivity index (χ0v) is 10.3. The summed E-state index contributed by atoms with van der Waals surface area (Å²) in [6, 6.07) is -1.99. The standard InChI is InChI=1S/C10H19N3O5/c1-2-3-13(4-5-14)10(18)12-7(9(16)17)6-8(11)15/h7,14H,2-6H2,1H3,(H2,11,15)(H,12,18)(H,16,17)/t7-/m0/s1. The van der Waals surface area contributed by atoms with E-state index in [4.69, 9.17) is 15.9 Å². The molecule has 8 nitrogen and oxygen atoms in total. The Labute approximate surface area is 105 Å². The van der Waals surface area contributed by atoms with Gasteiger partial charge in [0.25, 0.3) is 0 Å². The van der Waals surface area contributed by atoms with Crippen LogP contribution < -0.4 is 11.1 Å². The van der Waals surface area contributed by atoms with Crippen molar-refractivity contribution in [3.8, 4) is 0 Å². The van der Waals surface area contributed by atoms with Crippen molar-refractivity contribution in [2.24, 2.45) is 5.73 Å². The van der Waals surface area contributed by atoms with Crippen LogP contribution in [0.5, 0.6) is 0 Å². The summed E-state index contributed by atoms with van der Waals surface area (Å²) in [4.78, 5) is 34.5. The Morgan fingerprint density at radius 1 is 1.33 bits per heavy atom. The fourth-order valence-corrected chi connectivity index (χ4v) is 1.35. The van der Waals surface area contributed by atoms with Crippen molar-refractivity contribution in [3.63, 3.8) is 0 Å². The quantitative estimate of drug-likeness (QED) is 0.432. The summed E-state index contributed by atoms with van der Waals surface area (Å²) in [6.45, 7) is 2.11. The third kappa shape index (κ3) is 6.04. The van der Waals surface area contributed by atoms with E-state index in [-0.39, 0.29) is 13.2 Å². The first-order valence-corrected chi connectivity index (χ1v) is 5.59. The van der Waals surface area contributed by atoms with Gasteiger partial charge in [-0.1, -0.05) is 6.92 Å². The topological polar surface area (TPSA) is 133 Å². The van der Waals surface area contributed by atoms with Crippen molar-refractivity contribution in [1.29, 1.82) is 0 Å². The van der Waals surface area contributed by atoms with Crippen LogP contribution in [0.2, 0.25) is 0 Å². The first-order chi connectivity index (χ1) is 8.42. The van der Waals surface area contributed by atoms with E-state index < -0.39 is 30.4 Å². The van der Waals surface area contributed by atoms with Crippen molar-refractivity contribution < 1.29 is 24.6 Å². The molecule has 1 atom stereocenters. The number of aliphatic carboxylic acids is 1. The molecule has 0 aromatic rings. The summed E-state index contributed by atoms with van der Waals surface area (Å²) in [6.07, 6.45) is 0.196. The number of carbonyl (C=O) groups is 3. The molecule has 0 aliphatic heterocycles. The summed E-state index contributed by atoms with van der Waals surface area (Å²) in [7, 11) is 0. The number of rotatable bonds is 8. The molecule has 3 amide bonds. The van der Waals surface area contributed by atoms with Crippen molar-refractivity contribution in [3.05, 3.63) is 0 Å². The molecule has 0 bridgehead atoms. The Hall–Kier alpha value is -1.83. The second-order valence-electron chi connectivity index (χ2n) is 3.72. The third-order valence-corrected chi connectivity index (χ3v) is 2.15. The predicted molar refractivity (Wildman–Crippen MR) is 62.7 cm³/mol. The lowest BCUT2D eigenvalue weighted by atomic mass is 10.2. The normalized spacial score (nSPS) is 11.7. The van der Waals surface area contributed by atoms with Crippen LogP contribution in [0.25, 0.3) is 0 Å². The first kappa shape index (κ1) is 16.2. The molecule has 0 radical (unpaired) electrons. The highest BCUT2D eigenvalue weighted by Crippen LogP contribution is 1.97. The SMILES string of the molecule is CCCN(CCO)C(=O)N[C@@H](CC(N)=O)C(=O)O. The van der Waals surface area contributed by atoms with Crippen LogP contribution in [0.15, 0.2) is 0 Å². The number of nitrogens with one attached hydrogen (secondary N) is 1. The number of nitrogens with two attached hydrogens (primary N) is 1. The molecule has 0 aromatic carbocycles. The molecule has 0 unspecified atom stereocenters. The molecule has 104 valence electrons. The Morgan fingerprint density at radius 2 is 1.94 bits per heavy atom. The number of primary amides is 1. The average Bonchev–Trinajstić information content (AvgIpc) is 2.27. The number of amides is 3. The van der Waals surface area contributed by atoms with E-state index in [1.54, 1.807) is 0 Å². The lowest BCUT2D eigenvalue weighted by molar-refractivity contribution is -0.140. The van der Waals surface area contributed by atoms with Gasteiger partial charge in [0.1, 0.15) is 6.04 Å². The van der Waals surface area contributed by atoms with Crippen LogP contribution in [-0.4, -0.2) is 58.8 Å². The van der Waals surface area contributed by atoms with Crippen LogP contribution >= 0.6 is 0 Å². The van der Waals surface area contributed by atoms with E-state index in [1.165, 1.54) is 4.90 Å². The zero-order chi connectivity index (χ0) is 14.1. The van der Waals surface area contributed by atoms with Gasteiger partial charge >= 0.3 is 12.0 Å². The second-order valence-corrected chi connectivity index (χ2v) is 3.72. The van der Waals surface area contributed by atoms with E-state index in [9.17, 15) is 14.4 Å². The molecular weight excluding hydrogens is 242 g/mol. The van der Waals surface area contributed by atoms with Gasteiger partial charge < -0.3 is 26.2 Å². The van der Waals surface area contributed by atoms with Gasteiger partial charge in [-0.25, -0.2) is 9.59 Å². The van der Waals surface area contributed by atoms with Gasteiger partial charge in [-0.2, -0.15) is 0 Å². The number of nitrogens with zero attached hydrogens (tertiary/aromatic N) is 1. The van der Waals surface area contributed by atoms with E-state index in [0.717, 1.165) is 0 Å². The number of hydrogen-bond donors (Lipinski definition) is 4. The zero-order valence-electron chi connectivity index (χ0n) is 10.3. The van der Waals surface area contributed by atoms with Crippen molar-refractivity contribution >= 4 is 17.9 Å². The van der Waals surface area contributed by atoms with E-state index in [0.29, 0.717) is 13.0 Å². The summed E-state index contributed by atoms with van der Waals surface area (Å²) in [5.74, 6) is -2.14. The average molecular weight is 261 g/mol. The van der Waals surface area contributed by atoms with Crippen molar-refractivity contribution in [1.82, 2.24) is 10.2 Å². The van der Waals surface area contributed by atoms with Crippen LogP contribution in [-0.2, 0) is 9.59 Å². The minimum absolute atomic E-state index is 0.0998. The van der Waals surface area contributed by atoms with Crippen molar-refractivity contribution in [2.75, 3.05) is 19.7 Å². The summed E-state index contributed by atoms with van der Waals surface area (Å²) in [5.41, 5.74) is 4.89. The number of urea groups is 1. The van der Waals surface area contributed by atoms with Gasteiger partial charge in [0.05, 0.1) is 13.0 Å². The van der Waals surface area contributed by atoms with Crippen molar-refractivity contribution in [2.45, 2.75) is 25.8 Å². The predicted octanol–water partition coefficient (Wildman–Crippen LogP) is -1.27. The molecule has 18 heavy (non-hydrogen) atoms. The summed E-state index contributed by atoms with van der Waals surface area (Å²) < 4.78 is 0. The molecule has 0 saturated carbocycles. The fraction of sp³-hybridized carbons (Fsp3) is 0.700. The molecule has 8 heteroatoms. The molecule has 0 fully saturated rings. The number of aliphatic hydroxyl groups is 1. The molecule has 5 N–H and O–H groups in total. The monoisotopic (exact) mass is 261 g/mol. The number of hydrogen-bond acceptors (Lipinski definition) is 4. The van der Waals surface area contributed by atoms with Gasteiger partial charge in [-0.3, -0.25) is 4.79 Å². The highest BCUT2D eigenvalue weighted by Gasteiger charge is 2.24. The number of carbonyl (C=O) groups excluding carboxylic acids is 2. The van der Waals surface area contributed by atoms with E-state index in [2.05, 4.69) is 5.32 Å². The first-order valence-electron chi connectivity index (χ1n) is 5.59. The number of carboxylic acid groups (broad SMARTS) is 1. The summed E-state index contributed by atoms with van der Waals surface area (Å²) in [5, 5.41) is 19.8. The van der Waals surface area contributed by atoms with Gasteiger partial charge in [0.2, 0.25) is 5.91 Å².